The van der Waals surface area contributed by atoms with Gasteiger partial charge in [0.25, 0.3) is 0 Å². The first-order valence-corrected chi connectivity index (χ1v) is 4.84. The zero-order valence-electron chi connectivity index (χ0n) is 6.89. The van der Waals surface area contributed by atoms with Crippen molar-refractivity contribution in [2.24, 2.45) is 0 Å². The maximum atomic E-state index is 9.55. The number of aliphatic hydroxyl groups is 2. The monoisotopic (exact) mass is 218 g/mol. The highest BCUT2D eigenvalue weighted by atomic mass is 35.5. The van der Waals surface area contributed by atoms with E-state index in [0.717, 1.165) is 4.90 Å². The summed E-state index contributed by atoms with van der Waals surface area (Å²) in [5, 5.41) is 18.8. The second kappa shape index (κ2) is 4.86. The summed E-state index contributed by atoms with van der Waals surface area (Å²) in [5.74, 6) is 0.0119. The van der Waals surface area contributed by atoms with Crippen LogP contribution in [0.5, 0.6) is 0 Å². The van der Waals surface area contributed by atoms with E-state index >= 15 is 0 Å². The van der Waals surface area contributed by atoms with Crippen molar-refractivity contribution in [3.05, 3.63) is 29.8 Å². The molecule has 2 unspecified atom stereocenters. The molecule has 0 radical (unpaired) electrons. The Morgan fingerprint density at radius 1 is 1.38 bits per heavy atom. The average Bonchev–Trinajstić information content (AvgIpc) is 2.15. The highest BCUT2D eigenvalue weighted by Gasteiger charge is 2.16. The van der Waals surface area contributed by atoms with E-state index in [1.165, 1.54) is 0 Å². The molecule has 1 aromatic rings. The number of hydrogen-bond acceptors (Lipinski definition) is 3. The molecule has 4 heteroatoms. The Labute approximate surface area is 87.6 Å². The topological polar surface area (TPSA) is 40.5 Å². The smallest absolute Gasteiger partial charge is 0.106 e. The van der Waals surface area contributed by atoms with Gasteiger partial charge in [0.2, 0.25) is 0 Å². The van der Waals surface area contributed by atoms with Gasteiger partial charge in [-0.1, -0.05) is 12.1 Å². The number of hydrogen-bond donors (Lipinski definition) is 3. The quantitative estimate of drug-likeness (QED) is 0.533. The van der Waals surface area contributed by atoms with E-state index in [0.29, 0.717) is 5.56 Å². The van der Waals surface area contributed by atoms with Crippen molar-refractivity contribution < 1.29 is 10.2 Å². The van der Waals surface area contributed by atoms with E-state index in [1.807, 2.05) is 0 Å². The molecular formula is C9H11ClO2S. The number of aliphatic hydroxyl groups excluding tert-OH is 2. The van der Waals surface area contributed by atoms with E-state index < -0.39 is 12.2 Å². The molecule has 0 heterocycles. The van der Waals surface area contributed by atoms with Crippen LogP contribution < -0.4 is 0 Å². The Morgan fingerprint density at radius 2 is 2.08 bits per heavy atom. The molecule has 0 aliphatic rings. The zero-order valence-corrected chi connectivity index (χ0v) is 8.54. The van der Waals surface area contributed by atoms with Crippen molar-refractivity contribution in [2.75, 3.05) is 5.88 Å². The fourth-order valence-corrected chi connectivity index (χ4v) is 1.42. The maximum Gasteiger partial charge on any atom is 0.106 e. The highest BCUT2D eigenvalue weighted by molar-refractivity contribution is 7.80. The van der Waals surface area contributed by atoms with Gasteiger partial charge in [-0.25, -0.2) is 0 Å². The van der Waals surface area contributed by atoms with E-state index in [-0.39, 0.29) is 5.88 Å². The van der Waals surface area contributed by atoms with Crippen LogP contribution in [0.3, 0.4) is 0 Å². The van der Waals surface area contributed by atoms with Gasteiger partial charge in [0, 0.05) is 4.90 Å². The van der Waals surface area contributed by atoms with Crippen molar-refractivity contribution in [3.8, 4) is 0 Å². The molecule has 0 saturated heterocycles. The van der Waals surface area contributed by atoms with Crippen LogP contribution in [0.25, 0.3) is 0 Å². The van der Waals surface area contributed by atoms with Gasteiger partial charge < -0.3 is 10.2 Å². The molecule has 1 rings (SSSR count). The highest BCUT2D eigenvalue weighted by Crippen LogP contribution is 2.20. The Kier molecular flexibility index (Phi) is 4.06. The lowest BCUT2D eigenvalue weighted by atomic mass is 10.1. The first-order valence-electron chi connectivity index (χ1n) is 3.86. The molecule has 13 heavy (non-hydrogen) atoms. The molecule has 72 valence electrons. The molecule has 0 aromatic heterocycles. The second-order valence-corrected chi connectivity index (χ2v) is 3.59. The minimum Gasteiger partial charge on any atom is -0.389 e. The molecule has 0 spiro atoms. The number of thiol groups is 1. The Balaban J connectivity index is 2.82. The van der Waals surface area contributed by atoms with Crippen LogP contribution in [0.1, 0.15) is 11.7 Å². The predicted molar refractivity (Wildman–Crippen MR) is 55.4 cm³/mol. The molecule has 0 saturated carbocycles. The lowest BCUT2D eigenvalue weighted by Crippen LogP contribution is -2.19. The van der Waals surface area contributed by atoms with Crippen molar-refractivity contribution in [3.63, 3.8) is 0 Å². The van der Waals surface area contributed by atoms with Gasteiger partial charge in [0.15, 0.2) is 0 Å². The van der Waals surface area contributed by atoms with E-state index in [9.17, 15) is 10.2 Å². The molecule has 0 fully saturated rings. The maximum absolute atomic E-state index is 9.55. The molecule has 0 amide bonds. The van der Waals surface area contributed by atoms with Gasteiger partial charge in [-0.2, -0.15) is 0 Å². The third-order valence-corrected chi connectivity index (χ3v) is 2.33. The van der Waals surface area contributed by atoms with Gasteiger partial charge in [0.1, 0.15) is 6.10 Å². The third kappa shape index (κ3) is 2.88. The minimum absolute atomic E-state index is 0.0119. The van der Waals surface area contributed by atoms with Crippen LogP contribution in [0.4, 0.5) is 0 Å². The minimum atomic E-state index is -0.940. The van der Waals surface area contributed by atoms with Gasteiger partial charge in [-0.15, -0.1) is 24.2 Å². The number of alkyl halides is 1. The normalized spacial score (nSPS) is 15.4. The summed E-state index contributed by atoms with van der Waals surface area (Å²) in [7, 11) is 0. The van der Waals surface area contributed by atoms with E-state index in [4.69, 9.17) is 11.6 Å². The standard InChI is InChI=1S/C9H11ClO2S/c10-5-8(11)9(12)6-2-1-3-7(13)4-6/h1-4,8-9,11-13H,5H2. The van der Waals surface area contributed by atoms with Crippen molar-refractivity contribution in [1.29, 1.82) is 0 Å². The van der Waals surface area contributed by atoms with E-state index in [1.54, 1.807) is 24.3 Å². The molecule has 0 aliphatic heterocycles. The van der Waals surface area contributed by atoms with Crippen LogP contribution in [-0.2, 0) is 0 Å². The fourth-order valence-electron chi connectivity index (χ4n) is 1.02. The molecule has 2 nitrogen and oxygen atoms in total. The van der Waals surface area contributed by atoms with Gasteiger partial charge in [0.05, 0.1) is 12.0 Å². The summed E-state index contributed by atoms with van der Waals surface area (Å²) in [5.41, 5.74) is 0.626. The molecule has 2 atom stereocenters. The SMILES string of the molecule is OC(CCl)C(O)c1cccc(S)c1. The van der Waals surface area contributed by atoms with Crippen molar-refractivity contribution >= 4 is 24.2 Å². The third-order valence-electron chi connectivity index (χ3n) is 1.73. The average molecular weight is 219 g/mol. The summed E-state index contributed by atoms with van der Waals surface area (Å²) in [6, 6.07) is 6.98. The number of benzene rings is 1. The van der Waals surface area contributed by atoms with Gasteiger partial charge in [-0.3, -0.25) is 0 Å². The lowest BCUT2D eigenvalue weighted by molar-refractivity contribution is 0.0326. The zero-order chi connectivity index (χ0) is 9.84. The van der Waals surface area contributed by atoms with E-state index in [2.05, 4.69) is 12.6 Å². The van der Waals surface area contributed by atoms with Crippen LogP contribution in [-0.4, -0.2) is 22.2 Å². The second-order valence-electron chi connectivity index (χ2n) is 2.76. The van der Waals surface area contributed by atoms with Crippen LogP contribution in [0, 0.1) is 0 Å². The fraction of sp³-hybridized carbons (Fsp3) is 0.333. The molecule has 2 N–H and O–H groups in total. The largest absolute Gasteiger partial charge is 0.389 e. The van der Waals surface area contributed by atoms with Crippen molar-refractivity contribution in [2.45, 2.75) is 17.1 Å². The summed E-state index contributed by atoms with van der Waals surface area (Å²) < 4.78 is 0. The Morgan fingerprint density at radius 3 is 2.62 bits per heavy atom. The molecule has 0 bridgehead atoms. The first kappa shape index (κ1) is 10.9. The summed E-state index contributed by atoms with van der Waals surface area (Å²) in [6.07, 6.45) is -1.87. The van der Waals surface area contributed by atoms with Crippen LogP contribution in [0.2, 0.25) is 0 Å². The van der Waals surface area contributed by atoms with Gasteiger partial charge >= 0.3 is 0 Å². The number of rotatable bonds is 3. The summed E-state index contributed by atoms with van der Waals surface area (Å²) in [6.45, 7) is 0. The lowest BCUT2D eigenvalue weighted by Gasteiger charge is -2.15. The Hall–Kier alpha value is -0.220. The molecular weight excluding hydrogens is 208 g/mol. The van der Waals surface area contributed by atoms with Crippen LogP contribution in [0.15, 0.2) is 29.2 Å². The first-order chi connectivity index (χ1) is 6.15. The predicted octanol–water partition coefficient (Wildman–Crippen LogP) is 1.61. The van der Waals surface area contributed by atoms with Gasteiger partial charge in [-0.05, 0) is 17.7 Å². The summed E-state index contributed by atoms with van der Waals surface area (Å²) >= 11 is 9.53. The molecule has 1 aromatic carbocycles. The van der Waals surface area contributed by atoms with Crippen LogP contribution >= 0.6 is 24.2 Å². The van der Waals surface area contributed by atoms with Crippen molar-refractivity contribution in [1.82, 2.24) is 0 Å². The molecule has 0 aliphatic carbocycles. The Bertz CT molecular complexity index is 280. The summed E-state index contributed by atoms with van der Waals surface area (Å²) in [4.78, 5) is 0.748. The number of halogens is 1.